The molecule has 0 aliphatic heterocycles. The summed E-state index contributed by atoms with van der Waals surface area (Å²) < 4.78 is 0. The van der Waals surface area contributed by atoms with Crippen LogP contribution in [0.5, 0.6) is 0 Å². The molecule has 0 N–H and O–H groups in total. The molecule has 46 heavy (non-hydrogen) atoms. The van der Waals surface area contributed by atoms with Gasteiger partial charge in [-0.2, -0.15) is 5.26 Å². The average Bonchev–Trinajstić information content (AvgIpc) is 3.15. The molecule has 0 bridgehead atoms. The molecule has 0 unspecified atom stereocenters. The Hall–Kier alpha value is -6.58. The SMILES string of the molecule is N#Cc1ccc(-c2cnc3c(ccc4cc(-c5ccc(-c6nc(-c7ccccc7)nc(-c7ccccc7)n6)cc5)cnc43)c2)cc1. The zero-order valence-electron chi connectivity index (χ0n) is 24.5. The number of pyridine rings is 2. The van der Waals surface area contributed by atoms with Crippen LogP contribution >= 0.6 is 0 Å². The van der Waals surface area contributed by atoms with Gasteiger partial charge in [0, 0.05) is 51.0 Å². The van der Waals surface area contributed by atoms with Crippen LogP contribution < -0.4 is 0 Å². The van der Waals surface area contributed by atoms with E-state index in [2.05, 4.69) is 42.5 Å². The lowest BCUT2D eigenvalue weighted by Crippen LogP contribution is -2.00. The molecule has 0 radical (unpaired) electrons. The summed E-state index contributed by atoms with van der Waals surface area (Å²) in [7, 11) is 0. The monoisotopic (exact) mass is 588 g/mol. The Kier molecular flexibility index (Phi) is 6.75. The first-order chi connectivity index (χ1) is 22.7. The highest BCUT2D eigenvalue weighted by Gasteiger charge is 2.13. The number of hydrogen-bond donors (Lipinski definition) is 0. The molecule has 6 heteroatoms. The molecule has 0 aliphatic carbocycles. The van der Waals surface area contributed by atoms with E-state index in [1.165, 1.54) is 0 Å². The topological polar surface area (TPSA) is 88.2 Å². The smallest absolute Gasteiger partial charge is 0.164 e. The number of hydrogen-bond acceptors (Lipinski definition) is 6. The second-order valence-electron chi connectivity index (χ2n) is 11.0. The van der Waals surface area contributed by atoms with Crippen molar-refractivity contribution < 1.29 is 0 Å². The van der Waals surface area contributed by atoms with E-state index in [1.54, 1.807) is 0 Å². The van der Waals surface area contributed by atoms with Crippen molar-refractivity contribution in [2.45, 2.75) is 0 Å². The van der Waals surface area contributed by atoms with Crippen molar-refractivity contribution in [3.8, 4) is 62.5 Å². The van der Waals surface area contributed by atoms with Crippen LogP contribution in [0.15, 0.2) is 146 Å². The highest BCUT2D eigenvalue weighted by molar-refractivity contribution is 6.04. The van der Waals surface area contributed by atoms with E-state index in [0.717, 1.165) is 60.8 Å². The van der Waals surface area contributed by atoms with E-state index in [0.29, 0.717) is 23.0 Å². The Morgan fingerprint density at radius 2 is 0.783 bits per heavy atom. The molecule has 8 rings (SSSR count). The van der Waals surface area contributed by atoms with Crippen molar-refractivity contribution in [1.29, 1.82) is 5.26 Å². The fourth-order valence-electron chi connectivity index (χ4n) is 5.60. The van der Waals surface area contributed by atoms with E-state index in [-0.39, 0.29) is 0 Å². The van der Waals surface area contributed by atoms with Gasteiger partial charge in [-0.05, 0) is 35.4 Å². The molecular formula is C40H24N6. The van der Waals surface area contributed by atoms with E-state index in [9.17, 15) is 0 Å². The van der Waals surface area contributed by atoms with Gasteiger partial charge in [-0.25, -0.2) is 15.0 Å². The Bertz CT molecular complexity index is 2340. The molecule has 0 saturated carbocycles. The van der Waals surface area contributed by atoms with Crippen molar-refractivity contribution in [3.05, 3.63) is 151 Å². The molecule has 0 spiro atoms. The number of rotatable bonds is 5. The van der Waals surface area contributed by atoms with Crippen LogP contribution in [-0.4, -0.2) is 24.9 Å². The van der Waals surface area contributed by atoms with E-state index in [4.69, 9.17) is 30.2 Å². The lowest BCUT2D eigenvalue weighted by molar-refractivity contribution is 1.07. The zero-order valence-corrected chi connectivity index (χ0v) is 24.5. The van der Waals surface area contributed by atoms with Crippen LogP contribution in [0.3, 0.4) is 0 Å². The van der Waals surface area contributed by atoms with Gasteiger partial charge in [0.2, 0.25) is 0 Å². The second kappa shape index (κ2) is 11.5. The summed E-state index contributed by atoms with van der Waals surface area (Å²) in [5, 5.41) is 11.1. The summed E-state index contributed by atoms with van der Waals surface area (Å²) in [6.45, 7) is 0. The Morgan fingerprint density at radius 1 is 0.391 bits per heavy atom. The zero-order chi connectivity index (χ0) is 30.9. The van der Waals surface area contributed by atoms with Gasteiger partial charge in [0.15, 0.2) is 17.5 Å². The van der Waals surface area contributed by atoms with Crippen LogP contribution in [0.4, 0.5) is 0 Å². The number of fused-ring (bicyclic) bond motifs is 3. The van der Waals surface area contributed by atoms with Crippen LogP contribution in [0, 0.1) is 11.3 Å². The van der Waals surface area contributed by atoms with Gasteiger partial charge in [0.1, 0.15) is 0 Å². The van der Waals surface area contributed by atoms with E-state index < -0.39 is 0 Å². The van der Waals surface area contributed by atoms with Crippen LogP contribution in [0.1, 0.15) is 5.56 Å². The molecule has 3 aromatic heterocycles. The third-order valence-electron chi connectivity index (χ3n) is 8.02. The minimum absolute atomic E-state index is 0.619. The predicted octanol–water partition coefficient (Wildman–Crippen LogP) is 9.17. The predicted molar refractivity (Wildman–Crippen MR) is 182 cm³/mol. The normalized spacial score (nSPS) is 11.0. The maximum Gasteiger partial charge on any atom is 0.164 e. The van der Waals surface area contributed by atoms with Crippen LogP contribution in [-0.2, 0) is 0 Å². The summed E-state index contributed by atoms with van der Waals surface area (Å²) in [5.41, 5.74) is 9.21. The molecule has 8 aromatic rings. The Balaban J connectivity index is 1.12. The first kappa shape index (κ1) is 27.0. The minimum Gasteiger partial charge on any atom is -0.253 e. The number of aromatic nitrogens is 5. The lowest BCUT2D eigenvalue weighted by Gasteiger charge is -2.10. The quantitative estimate of drug-likeness (QED) is 0.186. The Morgan fingerprint density at radius 3 is 1.22 bits per heavy atom. The van der Waals surface area contributed by atoms with Crippen LogP contribution in [0.2, 0.25) is 0 Å². The summed E-state index contributed by atoms with van der Waals surface area (Å²) in [6.07, 6.45) is 3.77. The number of nitriles is 1. The largest absolute Gasteiger partial charge is 0.253 e. The van der Waals surface area contributed by atoms with Crippen molar-refractivity contribution in [2.75, 3.05) is 0 Å². The summed E-state index contributed by atoms with van der Waals surface area (Å²) in [5.74, 6) is 1.89. The van der Waals surface area contributed by atoms with Crippen LogP contribution in [0.25, 0.3) is 78.2 Å². The van der Waals surface area contributed by atoms with Gasteiger partial charge >= 0.3 is 0 Å². The molecular weight excluding hydrogens is 564 g/mol. The van der Waals surface area contributed by atoms with E-state index >= 15 is 0 Å². The van der Waals surface area contributed by atoms with Gasteiger partial charge in [-0.3, -0.25) is 9.97 Å². The van der Waals surface area contributed by atoms with Crippen molar-refractivity contribution >= 4 is 21.8 Å². The van der Waals surface area contributed by atoms with Crippen molar-refractivity contribution in [3.63, 3.8) is 0 Å². The third kappa shape index (κ3) is 5.12. The second-order valence-corrected chi connectivity index (χ2v) is 11.0. The van der Waals surface area contributed by atoms with Gasteiger partial charge in [0.05, 0.1) is 22.7 Å². The highest BCUT2D eigenvalue weighted by Crippen LogP contribution is 2.31. The minimum atomic E-state index is 0.619. The van der Waals surface area contributed by atoms with E-state index in [1.807, 2.05) is 109 Å². The summed E-state index contributed by atoms with van der Waals surface area (Å²) in [4.78, 5) is 24.1. The summed E-state index contributed by atoms with van der Waals surface area (Å²) >= 11 is 0. The van der Waals surface area contributed by atoms with Gasteiger partial charge < -0.3 is 0 Å². The summed E-state index contributed by atoms with van der Waals surface area (Å²) in [6, 6.07) is 46.4. The Labute approximate surface area is 265 Å². The maximum absolute atomic E-state index is 9.11. The molecule has 0 aliphatic rings. The third-order valence-corrected chi connectivity index (χ3v) is 8.02. The van der Waals surface area contributed by atoms with Crippen molar-refractivity contribution in [2.24, 2.45) is 0 Å². The van der Waals surface area contributed by atoms with Crippen molar-refractivity contribution in [1.82, 2.24) is 24.9 Å². The average molecular weight is 589 g/mol. The van der Waals surface area contributed by atoms with Gasteiger partial charge in [0.25, 0.3) is 0 Å². The fourth-order valence-corrected chi connectivity index (χ4v) is 5.60. The molecule has 3 heterocycles. The molecule has 0 saturated heterocycles. The number of benzene rings is 5. The molecule has 0 amide bonds. The molecule has 214 valence electrons. The van der Waals surface area contributed by atoms with Gasteiger partial charge in [-0.1, -0.05) is 109 Å². The standard InChI is InChI=1S/C40H24N6/c41-23-26-11-13-27(14-12-26)34-21-32-19-20-33-22-35(25-43-37(33)36(32)42-24-34)28-15-17-31(18-16-28)40-45-38(29-7-3-1-4-8-29)44-39(46-40)30-9-5-2-6-10-30/h1-22,24-25H. The molecule has 0 fully saturated rings. The molecule has 6 nitrogen and oxygen atoms in total. The first-order valence-corrected chi connectivity index (χ1v) is 14.9. The number of nitrogens with zero attached hydrogens (tertiary/aromatic N) is 6. The maximum atomic E-state index is 9.11. The molecule has 5 aromatic carbocycles. The first-order valence-electron chi connectivity index (χ1n) is 14.9. The lowest BCUT2D eigenvalue weighted by atomic mass is 10.0. The fraction of sp³-hybridized carbons (Fsp3) is 0. The van der Waals surface area contributed by atoms with Gasteiger partial charge in [-0.15, -0.1) is 0 Å². The highest BCUT2D eigenvalue weighted by atomic mass is 15.0. The molecule has 0 atom stereocenters.